The van der Waals surface area contributed by atoms with Crippen LogP contribution in [-0.4, -0.2) is 30.0 Å². The minimum Gasteiger partial charge on any atom is -0.467 e. The van der Waals surface area contributed by atoms with E-state index >= 15 is 0 Å². The number of unbranched alkanes of at least 4 members (excludes halogenated alkanes) is 1. The fraction of sp³-hybridized carbons (Fsp3) is 0.227. The highest BCUT2D eigenvalue weighted by atomic mass is 16.5. The number of hydrogen-bond acceptors (Lipinski definition) is 4. The zero-order chi connectivity index (χ0) is 19.2. The van der Waals surface area contributed by atoms with Crippen LogP contribution in [0.25, 0.3) is 21.8 Å². The highest BCUT2D eigenvalue weighted by molar-refractivity contribution is 6.16. The number of hydrogen-bond donors (Lipinski definition) is 1. The monoisotopic (exact) mass is 362 g/mol. The van der Waals surface area contributed by atoms with Crippen molar-refractivity contribution < 1.29 is 14.3 Å². The van der Waals surface area contributed by atoms with Crippen molar-refractivity contribution in [3.63, 3.8) is 0 Å². The molecule has 0 fully saturated rings. The predicted octanol–water partition coefficient (Wildman–Crippen LogP) is 4.02. The van der Waals surface area contributed by atoms with Gasteiger partial charge in [0.2, 0.25) is 0 Å². The number of rotatable bonds is 7. The minimum absolute atomic E-state index is 0.307. The molecule has 1 heterocycles. The fourth-order valence-electron chi connectivity index (χ4n) is 3.17. The zero-order valence-electron chi connectivity index (χ0n) is 15.3. The highest BCUT2D eigenvalue weighted by Gasteiger charge is 2.24. The Morgan fingerprint density at radius 3 is 2.26 bits per heavy atom. The predicted molar refractivity (Wildman–Crippen MR) is 107 cm³/mol. The van der Waals surface area contributed by atoms with E-state index in [2.05, 4.69) is 16.9 Å². The summed E-state index contributed by atoms with van der Waals surface area (Å²) < 4.78 is 4.86. The van der Waals surface area contributed by atoms with E-state index in [0.29, 0.717) is 12.0 Å². The second-order valence-electron chi connectivity index (χ2n) is 6.29. The van der Waals surface area contributed by atoms with Crippen molar-refractivity contribution in [2.45, 2.75) is 25.3 Å². The molecule has 1 atom stereocenters. The third-order valence-electron chi connectivity index (χ3n) is 4.51. The van der Waals surface area contributed by atoms with Gasteiger partial charge < -0.3 is 10.1 Å². The number of methoxy groups -OCH3 is 1. The Balaban J connectivity index is 2.02. The lowest BCUT2D eigenvalue weighted by Crippen LogP contribution is -2.41. The van der Waals surface area contributed by atoms with Crippen LogP contribution in [0, 0.1) is 0 Å². The van der Waals surface area contributed by atoms with Gasteiger partial charge in [-0.3, -0.25) is 4.79 Å². The Labute approximate surface area is 158 Å². The molecule has 0 aliphatic rings. The van der Waals surface area contributed by atoms with Crippen LogP contribution in [0.2, 0.25) is 0 Å². The Morgan fingerprint density at radius 2 is 1.70 bits per heavy atom. The maximum Gasteiger partial charge on any atom is 0.328 e. The average Bonchev–Trinajstić information content (AvgIpc) is 2.70. The molecule has 0 unspecified atom stereocenters. The molecule has 3 rings (SSSR count). The number of nitrogens with zero attached hydrogens (tertiary/aromatic N) is 1. The smallest absolute Gasteiger partial charge is 0.328 e. The Morgan fingerprint density at radius 1 is 1.11 bits per heavy atom. The zero-order valence-corrected chi connectivity index (χ0v) is 15.3. The third kappa shape index (κ3) is 3.97. The van der Waals surface area contributed by atoms with Crippen molar-refractivity contribution in [2.75, 3.05) is 7.11 Å². The maximum atomic E-state index is 13.2. The molecule has 0 saturated heterocycles. The molecule has 27 heavy (non-hydrogen) atoms. The van der Waals surface area contributed by atoms with E-state index in [-0.39, 0.29) is 5.91 Å². The van der Waals surface area contributed by atoms with E-state index in [4.69, 9.17) is 4.74 Å². The number of carbonyl (C=O) groups excluding carboxylic acids is 2. The number of carbonyl (C=O) groups is 2. The number of aromatic nitrogens is 1. The molecule has 2 aromatic carbocycles. The van der Waals surface area contributed by atoms with Gasteiger partial charge in [-0.25, -0.2) is 9.78 Å². The molecule has 0 radical (unpaired) electrons. The van der Waals surface area contributed by atoms with Gasteiger partial charge in [-0.2, -0.15) is 0 Å². The molecule has 1 amide bonds. The first-order valence-corrected chi connectivity index (χ1v) is 8.92. The molecule has 3 aromatic rings. The van der Waals surface area contributed by atoms with Gasteiger partial charge in [0.1, 0.15) is 6.04 Å². The first-order valence-electron chi connectivity index (χ1n) is 8.92. The minimum atomic E-state index is -0.701. The van der Waals surface area contributed by atoms with E-state index in [1.165, 1.54) is 7.11 Å². The number of para-hydroxylation sites is 2. The normalized spacial score (nSPS) is 11.9. The van der Waals surface area contributed by atoms with Gasteiger partial charge in [0.25, 0.3) is 5.91 Å². The topological polar surface area (TPSA) is 68.3 Å². The molecule has 0 aliphatic carbocycles. The van der Waals surface area contributed by atoms with E-state index in [1.807, 2.05) is 48.5 Å². The molecule has 1 aromatic heterocycles. The second-order valence-corrected chi connectivity index (χ2v) is 6.29. The molecule has 5 nitrogen and oxygen atoms in total. The summed E-state index contributed by atoms with van der Waals surface area (Å²) in [5.74, 6) is -0.756. The fourth-order valence-corrected chi connectivity index (χ4v) is 3.17. The van der Waals surface area contributed by atoms with Gasteiger partial charge in [-0.1, -0.05) is 42.5 Å². The van der Waals surface area contributed by atoms with Crippen molar-refractivity contribution in [1.29, 1.82) is 0 Å². The standard InChI is InChI=1S/C22H22N2O3/c1-3-4-5-14-19(22(26)27-2)24-21(25)20-15-10-6-8-12-17(15)23-18-13-9-7-11-16(18)20/h3,6-13,19H,1,4-5,14H2,2H3,(H,24,25)/t19-/m1/s1. The molecule has 0 aliphatic heterocycles. The number of pyridine rings is 1. The number of nitrogens with one attached hydrogen (secondary N) is 1. The second kappa shape index (κ2) is 8.45. The van der Waals surface area contributed by atoms with Crippen molar-refractivity contribution in [1.82, 2.24) is 10.3 Å². The Kier molecular flexibility index (Phi) is 5.81. The summed E-state index contributed by atoms with van der Waals surface area (Å²) >= 11 is 0. The van der Waals surface area contributed by atoms with Crippen molar-refractivity contribution in [3.8, 4) is 0 Å². The first kappa shape index (κ1) is 18.6. The van der Waals surface area contributed by atoms with Crippen LogP contribution in [0.3, 0.4) is 0 Å². The number of esters is 1. The molecule has 5 heteroatoms. The molecule has 0 bridgehead atoms. The summed E-state index contributed by atoms with van der Waals surface area (Å²) in [5, 5.41) is 4.36. The first-order chi connectivity index (χ1) is 13.2. The van der Waals surface area contributed by atoms with Crippen LogP contribution in [0.15, 0.2) is 61.2 Å². The highest BCUT2D eigenvalue weighted by Crippen LogP contribution is 2.26. The summed E-state index contributed by atoms with van der Waals surface area (Å²) in [5.41, 5.74) is 2.00. The molecule has 0 saturated carbocycles. The van der Waals surface area contributed by atoms with Gasteiger partial charge in [0.15, 0.2) is 0 Å². The van der Waals surface area contributed by atoms with Crippen LogP contribution in [0.5, 0.6) is 0 Å². The van der Waals surface area contributed by atoms with E-state index < -0.39 is 12.0 Å². The van der Waals surface area contributed by atoms with E-state index in [1.54, 1.807) is 6.08 Å². The van der Waals surface area contributed by atoms with Crippen molar-refractivity contribution in [3.05, 3.63) is 66.7 Å². The summed E-state index contributed by atoms with van der Waals surface area (Å²) in [4.78, 5) is 29.9. The molecular weight excluding hydrogens is 340 g/mol. The SMILES string of the molecule is C=CCCC[C@@H](NC(=O)c1c2ccccc2nc2ccccc12)C(=O)OC. The lowest BCUT2D eigenvalue weighted by molar-refractivity contribution is -0.143. The third-order valence-corrected chi connectivity index (χ3v) is 4.51. The Hall–Kier alpha value is -3.21. The van der Waals surface area contributed by atoms with Crippen LogP contribution in [0.4, 0.5) is 0 Å². The van der Waals surface area contributed by atoms with Crippen molar-refractivity contribution >= 4 is 33.7 Å². The summed E-state index contributed by atoms with van der Waals surface area (Å²) in [6.07, 6.45) is 3.79. The van der Waals surface area contributed by atoms with Crippen LogP contribution < -0.4 is 5.32 Å². The largest absolute Gasteiger partial charge is 0.467 e. The average molecular weight is 362 g/mol. The summed E-state index contributed by atoms with van der Waals surface area (Å²) in [7, 11) is 1.33. The van der Waals surface area contributed by atoms with Gasteiger partial charge >= 0.3 is 5.97 Å². The van der Waals surface area contributed by atoms with E-state index in [0.717, 1.165) is 34.6 Å². The number of benzene rings is 2. The maximum absolute atomic E-state index is 13.2. The number of allylic oxidation sites excluding steroid dienone is 1. The van der Waals surface area contributed by atoms with Gasteiger partial charge in [-0.05, 0) is 31.4 Å². The lowest BCUT2D eigenvalue weighted by atomic mass is 10.0. The molecule has 138 valence electrons. The van der Waals surface area contributed by atoms with E-state index in [9.17, 15) is 9.59 Å². The molecular formula is C22H22N2O3. The van der Waals surface area contributed by atoms with Crippen LogP contribution in [-0.2, 0) is 9.53 Å². The van der Waals surface area contributed by atoms with Crippen molar-refractivity contribution in [2.24, 2.45) is 0 Å². The number of amides is 1. The van der Waals surface area contributed by atoms with Gasteiger partial charge in [0.05, 0.1) is 23.7 Å². The number of ether oxygens (including phenoxy) is 1. The van der Waals surface area contributed by atoms with Gasteiger partial charge in [-0.15, -0.1) is 6.58 Å². The summed E-state index contributed by atoms with van der Waals surface area (Å²) in [6.45, 7) is 3.69. The van der Waals surface area contributed by atoms with Gasteiger partial charge in [0, 0.05) is 10.8 Å². The van der Waals surface area contributed by atoms with Crippen LogP contribution in [0.1, 0.15) is 29.6 Å². The lowest BCUT2D eigenvalue weighted by Gasteiger charge is -2.18. The Bertz CT molecular complexity index is 943. The molecule has 1 N–H and O–H groups in total. The summed E-state index contributed by atoms with van der Waals surface area (Å²) in [6, 6.07) is 14.3. The van der Waals surface area contributed by atoms with Crippen LogP contribution >= 0.6 is 0 Å². The number of fused-ring (bicyclic) bond motifs is 2. The molecule has 0 spiro atoms. The quantitative estimate of drug-likeness (QED) is 0.298.